The summed E-state index contributed by atoms with van der Waals surface area (Å²) < 4.78 is 2.96. The van der Waals surface area contributed by atoms with Crippen LogP contribution in [0.25, 0.3) is 0 Å². The molecule has 20 heavy (non-hydrogen) atoms. The van der Waals surface area contributed by atoms with Crippen LogP contribution in [-0.2, 0) is 0 Å². The minimum absolute atomic E-state index is 0. The van der Waals surface area contributed by atoms with Crippen molar-refractivity contribution in [3.05, 3.63) is 67.8 Å². The van der Waals surface area contributed by atoms with Crippen molar-refractivity contribution in [2.24, 2.45) is 0 Å². The number of hydrogen-bond donors (Lipinski definition) is 0. The summed E-state index contributed by atoms with van der Waals surface area (Å²) in [5.74, 6) is 0. The molecule has 2 aromatic rings. The van der Waals surface area contributed by atoms with Crippen LogP contribution in [0.15, 0.2) is 60.7 Å². The molecular weight excluding hydrogens is 460 g/mol. The molecule has 0 spiro atoms. The molecule has 0 amide bonds. The first-order valence-corrected chi connectivity index (χ1v) is 6.36. The van der Waals surface area contributed by atoms with Crippen LogP contribution in [0.5, 0.6) is 0 Å². The first kappa shape index (κ1) is 36.5. The van der Waals surface area contributed by atoms with Crippen molar-refractivity contribution in [2.75, 3.05) is 0 Å². The normalized spacial score (nSPS) is 6.40. The molecular formula is C12H18AsF6I. The van der Waals surface area contributed by atoms with Crippen LogP contribution in [0.4, 0.5) is 23.5 Å². The monoisotopic (exact) mass is 478 g/mol. The first-order chi connectivity index (χ1) is 6.45. The van der Waals surface area contributed by atoms with Gasteiger partial charge in [0, 0.05) is 0 Å². The molecule has 0 heterocycles. The van der Waals surface area contributed by atoms with Crippen LogP contribution in [0, 0.1) is 7.14 Å². The largest absolute Gasteiger partial charge is 1.00 e. The Labute approximate surface area is 135 Å². The van der Waals surface area contributed by atoms with Crippen molar-refractivity contribution in [3.8, 4) is 0 Å². The van der Waals surface area contributed by atoms with Gasteiger partial charge < -0.3 is 4.70 Å². The van der Waals surface area contributed by atoms with Crippen LogP contribution in [0.1, 0.15) is 0 Å². The molecule has 0 radical (unpaired) electrons. The van der Waals surface area contributed by atoms with E-state index in [-0.39, 0.29) is 67.4 Å². The van der Waals surface area contributed by atoms with E-state index in [1.807, 2.05) is 0 Å². The molecule has 1 unspecified atom stereocenters. The molecule has 0 fully saturated rings. The Kier molecular flexibility index (Phi) is 37.7. The molecule has 0 nitrogen and oxygen atoms in total. The average molecular weight is 478 g/mol. The predicted molar refractivity (Wildman–Crippen MR) is 72.7 cm³/mol. The molecule has 120 valence electrons. The van der Waals surface area contributed by atoms with Gasteiger partial charge in [-0.15, -0.1) is 0 Å². The van der Waals surface area contributed by atoms with Gasteiger partial charge in [0.2, 0.25) is 0 Å². The van der Waals surface area contributed by atoms with Gasteiger partial charge in [0.15, 0.2) is 7.14 Å². The molecule has 8 heteroatoms. The van der Waals surface area contributed by atoms with E-state index in [0.717, 1.165) is 0 Å². The summed E-state index contributed by atoms with van der Waals surface area (Å²) in [4.78, 5) is 0. The topological polar surface area (TPSA) is 0 Å². The summed E-state index contributed by atoms with van der Waals surface area (Å²) in [6, 6.07) is 21.4. The molecule has 0 bridgehead atoms. The van der Waals surface area contributed by atoms with Crippen molar-refractivity contribution in [3.63, 3.8) is 0 Å². The molecule has 0 aromatic heterocycles. The van der Waals surface area contributed by atoms with E-state index < -0.39 is 0 Å². The molecule has 2 aromatic carbocycles. The van der Waals surface area contributed by atoms with Gasteiger partial charge in [0.25, 0.3) is 0 Å². The fourth-order valence-electron chi connectivity index (χ4n) is 1.08. The van der Waals surface area contributed by atoms with Crippen LogP contribution < -0.4 is 25.9 Å². The predicted octanol–water partition coefficient (Wildman–Crippen LogP) is -3.60. The zero-order valence-corrected chi connectivity index (χ0v) is 15.4. The standard InChI is InChI=1S/C12H10I.AsH3.6FH/c1-3-7-11(8-4-1)13-12-9-5-2-6-10-12;;;;;;;/h1-10H;1H3;6*1H/q+1;;;;;;;/p-1. The maximum absolute atomic E-state index is 2.21. The summed E-state index contributed by atoms with van der Waals surface area (Å²) in [6.07, 6.45) is 0. The van der Waals surface area contributed by atoms with Crippen LogP contribution >= 0.6 is 0 Å². The third-order valence-electron chi connectivity index (χ3n) is 1.68. The Balaban J connectivity index is -0.0000000700. The van der Waals surface area contributed by atoms with E-state index in [0.29, 0.717) is 0 Å². The second-order valence-electron chi connectivity index (χ2n) is 2.69. The fourth-order valence-corrected chi connectivity index (χ4v) is 3.35. The number of hydrogen-bond acceptors (Lipinski definition) is 0. The summed E-state index contributed by atoms with van der Waals surface area (Å²) in [7, 11) is 0. The second-order valence-corrected chi connectivity index (χ2v) is 5.72. The minimum atomic E-state index is 0. The van der Waals surface area contributed by atoms with Gasteiger partial charge in [-0.2, -0.15) is 0 Å². The van der Waals surface area contributed by atoms with Crippen molar-refractivity contribution in [1.82, 2.24) is 0 Å². The first-order valence-electron chi connectivity index (χ1n) is 4.20. The third kappa shape index (κ3) is 12.3. The maximum Gasteiger partial charge on any atom is 0.357 e. The van der Waals surface area contributed by atoms with Crippen molar-refractivity contribution >= 4 is 18.0 Å². The number of rotatable bonds is 2. The second kappa shape index (κ2) is 20.6. The van der Waals surface area contributed by atoms with Gasteiger partial charge in [-0.05, 0) is 24.3 Å². The van der Waals surface area contributed by atoms with Gasteiger partial charge >= 0.3 is 39.2 Å². The van der Waals surface area contributed by atoms with Gasteiger partial charge in [-0.25, -0.2) is 0 Å². The Morgan fingerprint density at radius 2 is 0.750 bits per heavy atom. The number of benzene rings is 2. The zero-order chi connectivity index (χ0) is 8.93. The summed E-state index contributed by atoms with van der Waals surface area (Å²) in [6.45, 7) is 0. The zero-order valence-electron chi connectivity index (χ0n) is 10.3. The minimum Gasteiger partial charge on any atom is -1.00 e. The van der Waals surface area contributed by atoms with Gasteiger partial charge in [-0.1, -0.05) is 36.4 Å². The molecule has 0 aliphatic rings. The Hall–Kier alpha value is -0.692. The molecule has 0 aliphatic carbocycles. The van der Waals surface area contributed by atoms with E-state index in [9.17, 15) is 0 Å². The quantitative estimate of drug-likeness (QED) is 0.238. The number of halogens is 7. The summed E-state index contributed by atoms with van der Waals surface area (Å²) in [5.41, 5.74) is 0. The molecule has 2 rings (SSSR count). The Morgan fingerprint density at radius 3 is 1.00 bits per heavy atom. The molecule has 0 aliphatic heterocycles. The fraction of sp³-hybridized carbons (Fsp3) is 0. The van der Waals surface area contributed by atoms with Crippen LogP contribution in [0.2, 0.25) is 0 Å². The maximum atomic E-state index is 2.21. The van der Waals surface area contributed by atoms with E-state index >= 15 is 0 Å². The van der Waals surface area contributed by atoms with Crippen LogP contribution in [0.3, 0.4) is 0 Å². The Morgan fingerprint density at radius 1 is 0.500 bits per heavy atom. The van der Waals surface area contributed by atoms with E-state index in [2.05, 4.69) is 60.7 Å². The molecule has 0 saturated carbocycles. The summed E-state index contributed by atoms with van der Waals surface area (Å²) >= 11 is 0.0287. The smallest absolute Gasteiger partial charge is 0.357 e. The molecule has 0 N–H and O–H groups in total. The van der Waals surface area contributed by atoms with Crippen molar-refractivity contribution in [2.45, 2.75) is 0 Å². The Bertz CT molecular complexity index is 339. The van der Waals surface area contributed by atoms with Crippen molar-refractivity contribution < 1.29 is 49.4 Å². The van der Waals surface area contributed by atoms with Gasteiger partial charge in [-0.3, -0.25) is 23.5 Å². The van der Waals surface area contributed by atoms with Gasteiger partial charge in [0.05, 0.1) is 0 Å². The van der Waals surface area contributed by atoms with E-state index in [1.54, 1.807) is 0 Å². The van der Waals surface area contributed by atoms with Crippen LogP contribution in [-0.4, -0.2) is 18.0 Å². The third-order valence-corrected chi connectivity index (χ3v) is 4.37. The van der Waals surface area contributed by atoms with E-state index in [4.69, 9.17) is 0 Å². The average Bonchev–Trinajstić information content (AvgIpc) is 2.21. The van der Waals surface area contributed by atoms with E-state index in [1.165, 1.54) is 7.14 Å². The molecule has 1 atom stereocenters. The molecule has 0 saturated heterocycles. The van der Waals surface area contributed by atoms with Crippen molar-refractivity contribution in [1.29, 1.82) is 0 Å². The summed E-state index contributed by atoms with van der Waals surface area (Å²) in [5, 5.41) is 0. The van der Waals surface area contributed by atoms with Gasteiger partial charge in [0.1, 0.15) is 0 Å². The SMILES string of the molecule is F.F.F.F.F.[AsH3].[F-].c1ccc([I+]c2ccccc2)cc1.